The van der Waals surface area contributed by atoms with Crippen LogP contribution in [0.15, 0.2) is 186 Å². The third-order valence-corrected chi connectivity index (χ3v) is 10.8. The molecule has 0 spiro atoms. The van der Waals surface area contributed by atoms with E-state index in [2.05, 4.69) is 181 Å². The lowest BCUT2D eigenvalue weighted by molar-refractivity contribution is 0.669. The molecule has 2 heterocycles. The Hall–Kier alpha value is -6.49. The van der Waals surface area contributed by atoms with Gasteiger partial charge in [-0.15, -0.1) is 11.3 Å². The highest BCUT2D eigenvalue weighted by atomic mass is 32.1. The fourth-order valence-corrected chi connectivity index (χ4v) is 8.27. The summed E-state index contributed by atoms with van der Waals surface area (Å²) in [6.45, 7) is 0. The minimum atomic E-state index is 0.861. The van der Waals surface area contributed by atoms with Gasteiger partial charge in [-0.25, -0.2) is 4.98 Å². The minimum Gasteiger partial charge on any atom is -0.456 e. The standard InChI is InChI=1S/C47H30N2OS/c1-3-10-31(11-4-1)33-20-22-38(23-21-33)49(39-17-9-16-36(29-39)37-19-18-32-12-7-8-15-35(32)28-37)40-24-26-43-41(30-40)45-44(50-43)27-25-42-46(45)51-47(48-42)34-13-5-2-6-14-34/h1-30H. The second kappa shape index (κ2) is 12.1. The first-order valence-electron chi connectivity index (χ1n) is 17.1. The maximum Gasteiger partial charge on any atom is 0.137 e. The average Bonchev–Trinajstić information content (AvgIpc) is 3.81. The van der Waals surface area contributed by atoms with E-state index in [1.54, 1.807) is 11.3 Å². The molecule has 0 aliphatic rings. The van der Waals surface area contributed by atoms with Crippen LogP contribution in [0.2, 0.25) is 0 Å². The molecule has 0 aliphatic heterocycles. The van der Waals surface area contributed by atoms with Crippen molar-refractivity contribution in [3.63, 3.8) is 0 Å². The summed E-state index contributed by atoms with van der Waals surface area (Å²) >= 11 is 1.72. The van der Waals surface area contributed by atoms with E-state index in [0.717, 1.165) is 59.8 Å². The Morgan fingerprint density at radius 3 is 1.88 bits per heavy atom. The largest absolute Gasteiger partial charge is 0.456 e. The van der Waals surface area contributed by atoms with Gasteiger partial charge in [0.1, 0.15) is 16.2 Å². The Kier molecular flexibility index (Phi) is 7.00. The average molecular weight is 671 g/mol. The maximum absolute atomic E-state index is 6.46. The summed E-state index contributed by atoms with van der Waals surface area (Å²) in [4.78, 5) is 7.38. The van der Waals surface area contributed by atoms with Gasteiger partial charge in [0, 0.05) is 33.4 Å². The van der Waals surface area contributed by atoms with Crippen LogP contribution in [-0.2, 0) is 0 Å². The van der Waals surface area contributed by atoms with Crippen molar-refractivity contribution in [2.75, 3.05) is 4.90 Å². The number of benzene rings is 8. The topological polar surface area (TPSA) is 29.3 Å². The number of thiazole rings is 1. The predicted octanol–water partition coefficient (Wildman–Crippen LogP) is 13.8. The van der Waals surface area contributed by atoms with Gasteiger partial charge in [0.25, 0.3) is 0 Å². The van der Waals surface area contributed by atoms with Crippen LogP contribution in [0.1, 0.15) is 0 Å². The highest BCUT2D eigenvalue weighted by molar-refractivity contribution is 7.22. The number of aromatic nitrogens is 1. The predicted molar refractivity (Wildman–Crippen MR) is 215 cm³/mol. The first-order valence-corrected chi connectivity index (χ1v) is 17.9. The van der Waals surface area contributed by atoms with Crippen molar-refractivity contribution in [1.82, 2.24) is 4.98 Å². The molecule has 3 nitrogen and oxygen atoms in total. The molecule has 0 bridgehead atoms. The summed E-state index contributed by atoms with van der Waals surface area (Å²) in [5, 5.41) is 5.66. The third kappa shape index (κ3) is 5.25. The van der Waals surface area contributed by atoms with E-state index in [9.17, 15) is 0 Å². The molecule has 10 rings (SSSR count). The highest BCUT2D eigenvalue weighted by Crippen LogP contribution is 2.44. The van der Waals surface area contributed by atoms with Gasteiger partial charge in [-0.3, -0.25) is 0 Å². The maximum atomic E-state index is 6.46. The molecular weight excluding hydrogens is 641 g/mol. The van der Waals surface area contributed by atoms with Crippen molar-refractivity contribution in [3.05, 3.63) is 182 Å². The molecular formula is C47H30N2OS. The van der Waals surface area contributed by atoms with Gasteiger partial charge in [0.15, 0.2) is 0 Å². The molecule has 0 saturated heterocycles. The molecule has 4 heteroatoms. The monoisotopic (exact) mass is 670 g/mol. The van der Waals surface area contributed by atoms with E-state index < -0.39 is 0 Å². The second-order valence-electron chi connectivity index (χ2n) is 12.8. The van der Waals surface area contributed by atoms with Crippen LogP contribution in [0.3, 0.4) is 0 Å². The molecule has 51 heavy (non-hydrogen) atoms. The van der Waals surface area contributed by atoms with Crippen molar-refractivity contribution < 1.29 is 4.42 Å². The van der Waals surface area contributed by atoms with Crippen LogP contribution in [0.4, 0.5) is 17.1 Å². The minimum absolute atomic E-state index is 0.861. The quantitative estimate of drug-likeness (QED) is 0.176. The summed E-state index contributed by atoms with van der Waals surface area (Å²) in [7, 11) is 0. The van der Waals surface area contributed by atoms with Crippen molar-refractivity contribution in [2.45, 2.75) is 0 Å². The van der Waals surface area contributed by atoms with Crippen LogP contribution in [-0.4, -0.2) is 4.98 Å². The van der Waals surface area contributed by atoms with Gasteiger partial charge in [0.2, 0.25) is 0 Å². The number of furan rings is 1. The summed E-state index contributed by atoms with van der Waals surface area (Å²) in [5.74, 6) is 0. The van der Waals surface area contributed by atoms with Gasteiger partial charge in [0.05, 0.1) is 10.2 Å². The number of hydrogen-bond acceptors (Lipinski definition) is 4. The molecule has 240 valence electrons. The molecule has 0 amide bonds. The zero-order chi connectivity index (χ0) is 33.7. The number of anilines is 3. The van der Waals surface area contributed by atoms with E-state index in [1.807, 2.05) is 6.07 Å². The summed E-state index contributed by atoms with van der Waals surface area (Å²) in [6, 6.07) is 64.5. The Morgan fingerprint density at radius 2 is 1.06 bits per heavy atom. The first kappa shape index (κ1) is 29.4. The number of nitrogens with zero attached hydrogens (tertiary/aromatic N) is 2. The van der Waals surface area contributed by atoms with Gasteiger partial charge in [-0.1, -0.05) is 121 Å². The molecule has 0 N–H and O–H groups in total. The second-order valence-corrected chi connectivity index (χ2v) is 13.8. The number of rotatable bonds is 6. The molecule has 0 saturated carbocycles. The Bertz CT molecular complexity index is 2850. The fourth-order valence-electron chi connectivity index (χ4n) is 7.15. The van der Waals surface area contributed by atoms with Crippen LogP contribution < -0.4 is 4.90 Å². The van der Waals surface area contributed by atoms with Crippen LogP contribution in [0, 0.1) is 0 Å². The van der Waals surface area contributed by atoms with Gasteiger partial charge in [-0.2, -0.15) is 0 Å². The van der Waals surface area contributed by atoms with Crippen molar-refractivity contribution >= 4 is 71.3 Å². The SMILES string of the molecule is c1ccc(-c2ccc(N(c3cccc(-c4ccc5ccccc5c4)c3)c3ccc4oc5ccc6nc(-c7ccccc7)sc6c5c4c3)cc2)cc1. The van der Waals surface area contributed by atoms with E-state index in [4.69, 9.17) is 9.40 Å². The Morgan fingerprint density at radius 1 is 0.431 bits per heavy atom. The van der Waals surface area contributed by atoms with E-state index in [1.165, 1.54) is 33.0 Å². The van der Waals surface area contributed by atoms with Crippen molar-refractivity contribution in [2.24, 2.45) is 0 Å². The first-order chi connectivity index (χ1) is 25.2. The highest BCUT2D eigenvalue weighted by Gasteiger charge is 2.19. The number of hydrogen-bond donors (Lipinski definition) is 0. The lowest BCUT2D eigenvalue weighted by Crippen LogP contribution is -2.10. The normalized spacial score (nSPS) is 11.5. The van der Waals surface area contributed by atoms with Crippen LogP contribution in [0.5, 0.6) is 0 Å². The van der Waals surface area contributed by atoms with Gasteiger partial charge >= 0.3 is 0 Å². The molecule has 0 atom stereocenters. The molecule has 8 aromatic carbocycles. The molecule has 0 unspecified atom stereocenters. The zero-order valence-corrected chi connectivity index (χ0v) is 28.3. The van der Waals surface area contributed by atoms with Crippen LogP contribution in [0.25, 0.3) is 75.8 Å². The van der Waals surface area contributed by atoms with E-state index >= 15 is 0 Å². The summed E-state index contributed by atoms with van der Waals surface area (Å²) < 4.78 is 7.60. The van der Waals surface area contributed by atoms with Crippen molar-refractivity contribution in [3.8, 4) is 32.8 Å². The van der Waals surface area contributed by atoms with Crippen molar-refractivity contribution in [1.29, 1.82) is 0 Å². The zero-order valence-electron chi connectivity index (χ0n) is 27.5. The molecule has 2 aromatic heterocycles. The molecule has 0 fully saturated rings. The van der Waals surface area contributed by atoms with E-state index in [-0.39, 0.29) is 0 Å². The number of fused-ring (bicyclic) bond motifs is 6. The molecule has 0 aliphatic carbocycles. The molecule has 10 aromatic rings. The lowest BCUT2D eigenvalue weighted by Gasteiger charge is -2.26. The van der Waals surface area contributed by atoms with E-state index in [0.29, 0.717) is 0 Å². The van der Waals surface area contributed by atoms with Gasteiger partial charge < -0.3 is 9.32 Å². The lowest BCUT2D eigenvalue weighted by atomic mass is 10.00. The summed E-state index contributed by atoms with van der Waals surface area (Å²) in [6.07, 6.45) is 0. The summed E-state index contributed by atoms with van der Waals surface area (Å²) in [5.41, 5.74) is 11.8. The fraction of sp³-hybridized carbons (Fsp3) is 0. The van der Waals surface area contributed by atoms with Crippen LogP contribution >= 0.6 is 11.3 Å². The van der Waals surface area contributed by atoms with Gasteiger partial charge in [-0.05, 0) is 93.7 Å². The Balaban J connectivity index is 1.14. The third-order valence-electron chi connectivity index (χ3n) is 9.67. The Labute approximate surface area is 299 Å². The molecule has 0 radical (unpaired) electrons. The smallest absolute Gasteiger partial charge is 0.137 e.